The molecule has 7 nitrogen and oxygen atoms in total. The summed E-state index contributed by atoms with van der Waals surface area (Å²) in [5, 5.41) is 0. The molecule has 0 unspecified atom stereocenters. The molecule has 1 aromatic carbocycles. The summed E-state index contributed by atoms with van der Waals surface area (Å²) >= 11 is 0. The number of rotatable bonds is 7. The van der Waals surface area contributed by atoms with Gasteiger partial charge in [-0.1, -0.05) is 18.2 Å². The molecule has 0 fully saturated rings. The Hall–Kier alpha value is -2.84. The van der Waals surface area contributed by atoms with Gasteiger partial charge in [-0.3, -0.25) is 14.3 Å². The smallest absolute Gasteiger partial charge is 0.257 e. The maximum Gasteiger partial charge on any atom is 0.257 e. The highest BCUT2D eigenvalue weighted by Crippen LogP contribution is 2.33. The maximum atomic E-state index is 13.5. The molecule has 8 heteroatoms. The van der Waals surface area contributed by atoms with Crippen LogP contribution in [0.4, 0.5) is 0 Å². The molecule has 0 bridgehead atoms. The van der Waals surface area contributed by atoms with E-state index in [1.807, 2.05) is 45.0 Å². The highest BCUT2D eigenvalue weighted by molar-refractivity contribution is 7.89. The van der Waals surface area contributed by atoms with Gasteiger partial charge in [0.1, 0.15) is 0 Å². The molecule has 0 saturated heterocycles. The molecule has 2 atom stereocenters. The van der Waals surface area contributed by atoms with Crippen LogP contribution in [0.2, 0.25) is 0 Å². The molecule has 2 heterocycles. The first kappa shape index (κ1) is 25.3. The largest absolute Gasteiger partial charge is 0.296 e. The van der Waals surface area contributed by atoms with Crippen molar-refractivity contribution in [2.75, 3.05) is 5.75 Å². The highest BCUT2D eigenvalue weighted by atomic mass is 32.2. The minimum atomic E-state index is -3.44. The summed E-state index contributed by atoms with van der Waals surface area (Å²) in [5.74, 6) is -0.311. The van der Waals surface area contributed by atoms with Gasteiger partial charge in [0.05, 0.1) is 23.5 Å². The lowest BCUT2D eigenvalue weighted by molar-refractivity contribution is 0.412. The van der Waals surface area contributed by atoms with E-state index in [1.54, 1.807) is 17.8 Å². The number of aryl methyl sites for hydroxylation is 3. The van der Waals surface area contributed by atoms with Crippen LogP contribution in [0.25, 0.3) is 11.3 Å². The molecule has 1 aliphatic carbocycles. The van der Waals surface area contributed by atoms with Gasteiger partial charge in [0.15, 0.2) is 0 Å². The fourth-order valence-corrected chi connectivity index (χ4v) is 5.86. The average Bonchev–Trinajstić information content (AvgIpc) is 2.80. The van der Waals surface area contributed by atoms with Crippen molar-refractivity contribution in [1.29, 1.82) is 0 Å². The third-order valence-corrected chi connectivity index (χ3v) is 8.13. The minimum Gasteiger partial charge on any atom is -0.296 e. The topological polar surface area (TPSA) is 94.0 Å². The van der Waals surface area contributed by atoms with Crippen LogP contribution in [0.3, 0.4) is 0 Å². The second kappa shape index (κ2) is 10.0. The fourth-order valence-electron chi connectivity index (χ4n) is 4.95. The predicted octanol–water partition coefficient (Wildman–Crippen LogP) is 4.08. The number of benzene rings is 1. The number of hydrogen-bond acceptors (Lipinski definition) is 5. The zero-order valence-electron chi connectivity index (χ0n) is 21.1. The molecule has 1 aliphatic rings. The van der Waals surface area contributed by atoms with Gasteiger partial charge in [0.25, 0.3) is 5.56 Å². The van der Waals surface area contributed by atoms with Gasteiger partial charge in [0.2, 0.25) is 10.0 Å². The summed E-state index contributed by atoms with van der Waals surface area (Å²) in [7, 11) is -3.44. The molecule has 4 rings (SSSR count). The first-order chi connectivity index (χ1) is 16.6. The zero-order chi connectivity index (χ0) is 25.3. The van der Waals surface area contributed by atoms with Crippen molar-refractivity contribution in [1.82, 2.24) is 19.3 Å². The standard InChI is InChI=1S/C27H34N4O3S/c1-6-35(33,34)30-23-10-11-24-26(27(32)31(16-28-24)17(2)3)22(23)15-20-8-7-9-21(14-20)25-13-18(4)12-19(5)29-25/h7-9,12-14,16-17,22-23,30H,6,10-11,15H2,1-5H3/t22-,23-/m0/s1. The van der Waals surface area contributed by atoms with Crippen LogP contribution in [0.5, 0.6) is 0 Å². The van der Waals surface area contributed by atoms with Crippen LogP contribution < -0.4 is 10.3 Å². The molecule has 3 aromatic rings. The third-order valence-electron chi connectivity index (χ3n) is 6.71. The minimum absolute atomic E-state index is 0.000205. The van der Waals surface area contributed by atoms with Gasteiger partial charge >= 0.3 is 0 Å². The lowest BCUT2D eigenvalue weighted by Gasteiger charge is -2.33. The second-order valence-electron chi connectivity index (χ2n) is 9.76. The quantitative estimate of drug-likeness (QED) is 0.534. The summed E-state index contributed by atoms with van der Waals surface area (Å²) in [4.78, 5) is 22.8. The Kier molecular flexibility index (Phi) is 7.24. The highest BCUT2D eigenvalue weighted by Gasteiger charge is 2.35. The molecule has 186 valence electrons. The molecule has 35 heavy (non-hydrogen) atoms. The summed E-state index contributed by atoms with van der Waals surface area (Å²) in [6.07, 6.45) is 3.32. The molecule has 0 amide bonds. The van der Waals surface area contributed by atoms with Crippen molar-refractivity contribution in [3.63, 3.8) is 0 Å². The Morgan fingerprint density at radius 1 is 1.17 bits per heavy atom. The van der Waals surface area contributed by atoms with Gasteiger partial charge < -0.3 is 0 Å². The summed E-state index contributed by atoms with van der Waals surface area (Å²) in [5.41, 5.74) is 6.36. The van der Waals surface area contributed by atoms with Gasteiger partial charge in [-0.05, 0) is 83.2 Å². The predicted molar refractivity (Wildman–Crippen MR) is 139 cm³/mol. The SMILES string of the molecule is CCS(=O)(=O)N[C@H]1CCc2ncn(C(C)C)c(=O)c2[C@H]1Cc1cccc(-c2cc(C)cc(C)n2)c1. The number of nitrogens with one attached hydrogen (secondary N) is 1. The Bertz CT molecular complexity index is 1380. The second-order valence-corrected chi connectivity index (χ2v) is 11.8. The molecule has 0 spiro atoms. The Labute approximate surface area is 207 Å². The van der Waals surface area contributed by atoms with Crippen LogP contribution in [0, 0.1) is 13.8 Å². The van der Waals surface area contributed by atoms with Gasteiger partial charge in [-0.25, -0.2) is 18.1 Å². The van der Waals surface area contributed by atoms with E-state index in [0.29, 0.717) is 24.8 Å². The van der Waals surface area contributed by atoms with Crippen molar-refractivity contribution >= 4 is 10.0 Å². The monoisotopic (exact) mass is 494 g/mol. The zero-order valence-corrected chi connectivity index (χ0v) is 21.9. The van der Waals surface area contributed by atoms with Gasteiger partial charge in [-0.2, -0.15) is 0 Å². The van der Waals surface area contributed by atoms with Crippen LogP contribution in [0.15, 0.2) is 47.5 Å². The fraction of sp³-hybridized carbons (Fsp3) is 0.444. The van der Waals surface area contributed by atoms with E-state index in [0.717, 1.165) is 33.8 Å². The molecule has 1 N–H and O–H groups in total. The first-order valence-corrected chi connectivity index (χ1v) is 13.9. The van der Waals surface area contributed by atoms with E-state index in [9.17, 15) is 13.2 Å². The van der Waals surface area contributed by atoms with E-state index < -0.39 is 10.0 Å². The van der Waals surface area contributed by atoms with E-state index >= 15 is 0 Å². The van der Waals surface area contributed by atoms with Gasteiger partial charge in [-0.15, -0.1) is 0 Å². The Morgan fingerprint density at radius 3 is 2.63 bits per heavy atom. The normalized spacial score (nSPS) is 18.0. The number of nitrogens with zero attached hydrogens (tertiary/aromatic N) is 3. The number of hydrogen-bond donors (Lipinski definition) is 1. The van der Waals surface area contributed by atoms with Gasteiger partial charge in [0, 0.05) is 34.8 Å². The van der Waals surface area contributed by atoms with Crippen molar-refractivity contribution in [3.05, 3.63) is 81.2 Å². The van der Waals surface area contributed by atoms with E-state index in [2.05, 4.69) is 28.8 Å². The van der Waals surface area contributed by atoms with E-state index in [1.165, 1.54) is 0 Å². The number of sulfonamides is 1. The lowest BCUT2D eigenvalue weighted by Crippen LogP contribution is -2.46. The van der Waals surface area contributed by atoms with Crippen molar-refractivity contribution in [2.24, 2.45) is 0 Å². The van der Waals surface area contributed by atoms with Crippen LogP contribution in [0.1, 0.15) is 67.2 Å². The van der Waals surface area contributed by atoms with Crippen LogP contribution >= 0.6 is 0 Å². The van der Waals surface area contributed by atoms with Crippen molar-refractivity contribution in [2.45, 2.75) is 71.9 Å². The van der Waals surface area contributed by atoms with Crippen molar-refractivity contribution < 1.29 is 8.42 Å². The third kappa shape index (κ3) is 5.54. The molecule has 2 aromatic heterocycles. The lowest BCUT2D eigenvalue weighted by atomic mass is 9.78. The number of aromatic nitrogens is 3. The molecular weight excluding hydrogens is 460 g/mol. The van der Waals surface area contributed by atoms with Crippen LogP contribution in [-0.4, -0.2) is 34.7 Å². The summed E-state index contributed by atoms with van der Waals surface area (Å²) in [6, 6.07) is 11.9. The molecular formula is C27H34N4O3S. The van der Waals surface area contributed by atoms with E-state index in [-0.39, 0.29) is 29.3 Å². The molecule has 0 aliphatic heterocycles. The summed E-state index contributed by atoms with van der Waals surface area (Å²) < 4.78 is 29.6. The average molecular weight is 495 g/mol. The Balaban J connectivity index is 1.78. The van der Waals surface area contributed by atoms with Crippen LogP contribution in [-0.2, 0) is 22.9 Å². The number of fused-ring (bicyclic) bond motifs is 1. The molecule has 0 radical (unpaired) electrons. The first-order valence-electron chi connectivity index (χ1n) is 12.2. The molecule has 0 saturated carbocycles. The van der Waals surface area contributed by atoms with Crippen molar-refractivity contribution in [3.8, 4) is 11.3 Å². The summed E-state index contributed by atoms with van der Waals surface area (Å²) in [6.45, 7) is 9.56. The van der Waals surface area contributed by atoms with E-state index in [4.69, 9.17) is 4.98 Å². The number of pyridine rings is 1. The maximum absolute atomic E-state index is 13.5. The Morgan fingerprint density at radius 2 is 1.94 bits per heavy atom.